The van der Waals surface area contributed by atoms with Crippen LogP contribution in [0.25, 0.3) is 0 Å². The second-order valence-corrected chi connectivity index (χ2v) is 3.91. The Morgan fingerprint density at radius 2 is 2.40 bits per heavy atom. The van der Waals surface area contributed by atoms with E-state index in [4.69, 9.17) is 10.5 Å². The second kappa shape index (κ2) is 4.13. The molecular weight excluding hydrogens is 190 g/mol. The number of fused-ring (bicyclic) bond motifs is 1. The summed E-state index contributed by atoms with van der Waals surface area (Å²) in [5.74, 6) is 0.0133. The Labute approximate surface area is 89.2 Å². The normalized spacial score (nSPS) is 18.9. The summed E-state index contributed by atoms with van der Waals surface area (Å²) >= 11 is 0. The van der Waals surface area contributed by atoms with Gasteiger partial charge in [0.15, 0.2) is 5.78 Å². The molecule has 0 fully saturated rings. The summed E-state index contributed by atoms with van der Waals surface area (Å²) in [5.41, 5.74) is 9.05. The molecule has 0 saturated heterocycles. The van der Waals surface area contributed by atoms with E-state index in [1.54, 1.807) is 0 Å². The van der Waals surface area contributed by atoms with Crippen molar-refractivity contribution >= 4 is 5.78 Å². The molecule has 3 nitrogen and oxygen atoms in total. The minimum absolute atomic E-state index is 0.0133. The maximum Gasteiger partial charge on any atom is 0.188 e. The zero-order valence-electron chi connectivity index (χ0n) is 8.82. The second-order valence-electron chi connectivity index (χ2n) is 3.91. The SMILES string of the molecule is COCC(=O)c1ccc2c(c1)C(N)CC2. The van der Waals surface area contributed by atoms with E-state index < -0.39 is 0 Å². The molecule has 0 aliphatic heterocycles. The summed E-state index contributed by atoms with van der Waals surface area (Å²) in [7, 11) is 1.52. The summed E-state index contributed by atoms with van der Waals surface area (Å²) in [6.07, 6.45) is 2.01. The van der Waals surface area contributed by atoms with Gasteiger partial charge in [0.05, 0.1) is 0 Å². The molecule has 0 heterocycles. The minimum atomic E-state index is 0.0133. The van der Waals surface area contributed by atoms with Crippen LogP contribution in [0.4, 0.5) is 0 Å². The average molecular weight is 205 g/mol. The van der Waals surface area contributed by atoms with Gasteiger partial charge in [-0.3, -0.25) is 4.79 Å². The minimum Gasteiger partial charge on any atom is -0.377 e. The van der Waals surface area contributed by atoms with E-state index in [2.05, 4.69) is 0 Å². The fraction of sp³-hybridized carbons (Fsp3) is 0.417. The molecule has 0 aromatic heterocycles. The van der Waals surface area contributed by atoms with Crippen LogP contribution in [0.3, 0.4) is 0 Å². The fourth-order valence-corrected chi connectivity index (χ4v) is 2.02. The highest BCUT2D eigenvalue weighted by Crippen LogP contribution is 2.29. The number of Topliss-reactive ketones (excluding diaryl/α,β-unsaturated/α-hetero) is 1. The first-order valence-electron chi connectivity index (χ1n) is 5.13. The number of ether oxygens (including phenoxy) is 1. The number of nitrogens with two attached hydrogens (primary N) is 1. The van der Waals surface area contributed by atoms with Crippen molar-refractivity contribution in [3.8, 4) is 0 Å². The van der Waals surface area contributed by atoms with Gasteiger partial charge >= 0.3 is 0 Å². The molecule has 2 N–H and O–H groups in total. The zero-order chi connectivity index (χ0) is 10.8. The van der Waals surface area contributed by atoms with Crippen LogP contribution in [0.5, 0.6) is 0 Å². The van der Waals surface area contributed by atoms with Crippen molar-refractivity contribution in [2.75, 3.05) is 13.7 Å². The smallest absolute Gasteiger partial charge is 0.188 e. The van der Waals surface area contributed by atoms with Crippen molar-refractivity contribution in [1.29, 1.82) is 0 Å². The lowest BCUT2D eigenvalue weighted by Gasteiger charge is -2.07. The van der Waals surface area contributed by atoms with Gasteiger partial charge in [-0.15, -0.1) is 0 Å². The number of benzene rings is 1. The van der Waals surface area contributed by atoms with Crippen molar-refractivity contribution in [1.82, 2.24) is 0 Å². The summed E-state index contributed by atoms with van der Waals surface area (Å²) in [6, 6.07) is 5.87. The van der Waals surface area contributed by atoms with Crippen molar-refractivity contribution in [3.05, 3.63) is 34.9 Å². The Morgan fingerprint density at radius 1 is 1.60 bits per heavy atom. The molecule has 1 unspecified atom stereocenters. The molecule has 1 aromatic carbocycles. The maximum atomic E-state index is 11.6. The van der Waals surface area contributed by atoms with Gasteiger partial charge in [-0.1, -0.05) is 12.1 Å². The van der Waals surface area contributed by atoms with Crippen LogP contribution in [0, 0.1) is 0 Å². The van der Waals surface area contributed by atoms with E-state index in [0.717, 1.165) is 18.4 Å². The number of aryl methyl sites for hydroxylation is 1. The van der Waals surface area contributed by atoms with Crippen molar-refractivity contribution in [2.24, 2.45) is 5.73 Å². The maximum absolute atomic E-state index is 11.6. The quantitative estimate of drug-likeness (QED) is 0.760. The molecule has 1 aliphatic carbocycles. The molecule has 1 atom stereocenters. The molecule has 0 saturated carbocycles. The van der Waals surface area contributed by atoms with Gasteiger partial charge in [0.25, 0.3) is 0 Å². The lowest BCUT2D eigenvalue weighted by atomic mass is 10.0. The molecule has 0 spiro atoms. The van der Waals surface area contributed by atoms with E-state index in [1.807, 2.05) is 18.2 Å². The van der Waals surface area contributed by atoms with Crippen LogP contribution in [-0.4, -0.2) is 19.5 Å². The Balaban J connectivity index is 2.29. The molecule has 2 rings (SSSR count). The first kappa shape index (κ1) is 10.3. The van der Waals surface area contributed by atoms with Crippen molar-refractivity contribution in [3.63, 3.8) is 0 Å². The van der Waals surface area contributed by atoms with E-state index in [9.17, 15) is 4.79 Å². The summed E-state index contributed by atoms with van der Waals surface area (Å²) < 4.78 is 4.82. The number of ketones is 1. The largest absolute Gasteiger partial charge is 0.377 e. The van der Waals surface area contributed by atoms with Crippen LogP contribution in [0.2, 0.25) is 0 Å². The van der Waals surface area contributed by atoms with E-state index in [0.29, 0.717) is 5.56 Å². The number of rotatable bonds is 3. The zero-order valence-corrected chi connectivity index (χ0v) is 8.82. The molecule has 0 radical (unpaired) electrons. The molecule has 0 bridgehead atoms. The number of hydrogen-bond donors (Lipinski definition) is 1. The first-order valence-corrected chi connectivity index (χ1v) is 5.13. The Kier molecular flexibility index (Phi) is 2.84. The standard InChI is InChI=1S/C12H15NO2/c1-15-7-12(14)9-3-2-8-4-5-11(13)10(8)6-9/h2-3,6,11H,4-5,7,13H2,1H3. The molecule has 80 valence electrons. The Morgan fingerprint density at radius 3 is 3.13 bits per heavy atom. The third-order valence-corrected chi connectivity index (χ3v) is 2.87. The van der Waals surface area contributed by atoms with Crippen LogP contribution in [-0.2, 0) is 11.2 Å². The molecule has 1 aromatic rings. The summed E-state index contributed by atoms with van der Waals surface area (Å²) in [5, 5.41) is 0. The van der Waals surface area contributed by atoms with Gasteiger partial charge in [0.2, 0.25) is 0 Å². The van der Waals surface area contributed by atoms with Crippen LogP contribution in [0.15, 0.2) is 18.2 Å². The number of methoxy groups -OCH3 is 1. The first-order chi connectivity index (χ1) is 7.22. The lowest BCUT2D eigenvalue weighted by Crippen LogP contribution is -2.10. The highest BCUT2D eigenvalue weighted by Gasteiger charge is 2.20. The van der Waals surface area contributed by atoms with Crippen molar-refractivity contribution in [2.45, 2.75) is 18.9 Å². The Hall–Kier alpha value is -1.19. The molecule has 15 heavy (non-hydrogen) atoms. The van der Waals surface area contributed by atoms with Crippen LogP contribution in [0.1, 0.15) is 33.9 Å². The molecule has 1 aliphatic rings. The third kappa shape index (κ3) is 1.94. The fourth-order valence-electron chi connectivity index (χ4n) is 2.02. The number of hydrogen-bond acceptors (Lipinski definition) is 3. The average Bonchev–Trinajstić information content (AvgIpc) is 2.60. The van der Waals surface area contributed by atoms with Gasteiger partial charge < -0.3 is 10.5 Å². The molecular formula is C12H15NO2. The summed E-state index contributed by atoms with van der Waals surface area (Å²) in [4.78, 5) is 11.6. The Bertz CT molecular complexity index is 387. The van der Waals surface area contributed by atoms with Gasteiger partial charge in [0, 0.05) is 18.7 Å². The van der Waals surface area contributed by atoms with Crippen LogP contribution < -0.4 is 5.73 Å². The predicted octanol–water partition coefficient (Wildman–Crippen LogP) is 1.46. The highest BCUT2D eigenvalue weighted by molar-refractivity contribution is 5.97. The number of carbonyl (C=O) groups excluding carboxylic acids is 1. The van der Waals surface area contributed by atoms with E-state index in [1.165, 1.54) is 12.7 Å². The van der Waals surface area contributed by atoms with Gasteiger partial charge in [-0.05, 0) is 30.0 Å². The highest BCUT2D eigenvalue weighted by atomic mass is 16.5. The van der Waals surface area contributed by atoms with E-state index in [-0.39, 0.29) is 18.4 Å². The molecule has 0 amide bonds. The number of carbonyl (C=O) groups is 1. The van der Waals surface area contributed by atoms with E-state index >= 15 is 0 Å². The van der Waals surface area contributed by atoms with Gasteiger partial charge in [-0.25, -0.2) is 0 Å². The molecule has 3 heteroatoms. The predicted molar refractivity (Wildman–Crippen MR) is 57.9 cm³/mol. The monoisotopic (exact) mass is 205 g/mol. The topological polar surface area (TPSA) is 52.3 Å². The van der Waals surface area contributed by atoms with Crippen molar-refractivity contribution < 1.29 is 9.53 Å². The lowest BCUT2D eigenvalue weighted by molar-refractivity contribution is 0.0848. The van der Waals surface area contributed by atoms with Gasteiger partial charge in [0.1, 0.15) is 6.61 Å². The van der Waals surface area contributed by atoms with Gasteiger partial charge in [-0.2, -0.15) is 0 Å². The summed E-state index contributed by atoms with van der Waals surface area (Å²) in [6.45, 7) is 0.133. The van der Waals surface area contributed by atoms with Crippen LogP contribution >= 0.6 is 0 Å². The third-order valence-electron chi connectivity index (χ3n) is 2.87.